The second-order valence-electron chi connectivity index (χ2n) is 6.90. The summed E-state index contributed by atoms with van der Waals surface area (Å²) >= 11 is 0. The van der Waals surface area contributed by atoms with Gasteiger partial charge in [-0.05, 0) is 24.1 Å². The molecule has 3 aromatic rings. The molecule has 0 saturated heterocycles. The van der Waals surface area contributed by atoms with Gasteiger partial charge in [0, 0.05) is 43.4 Å². The number of hydrogen-bond acceptors (Lipinski definition) is 5. The molecule has 0 fully saturated rings. The highest BCUT2D eigenvalue weighted by molar-refractivity contribution is 5.77. The largest absolute Gasteiger partial charge is 0.464 e. The van der Waals surface area contributed by atoms with Crippen molar-refractivity contribution in [2.75, 3.05) is 6.54 Å². The summed E-state index contributed by atoms with van der Waals surface area (Å²) in [6, 6.07) is 5.58. The first-order valence-corrected chi connectivity index (χ1v) is 9.03. The Balaban J connectivity index is 1.58. The van der Waals surface area contributed by atoms with Gasteiger partial charge in [0.2, 0.25) is 5.82 Å². The van der Waals surface area contributed by atoms with E-state index in [-0.39, 0.29) is 5.43 Å². The molecule has 3 heterocycles. The molecule has 2 aromatic heterocycles. The highest BCUT2D eigenvalue weighted by Gasteiger charge is 2.35. The van der Waals surface area contributed by atoms with Gasteiger partial charge in [0.1, 0.15) is 5.58 Å². The molecule has 0 aliphatic carbocycles. The van der Waals surface area contributed by atoms with Gasteiger partial charge in [0.05, 0.1) is 17.3 Å². The van der Waals surface area contributed by atoms with Crippen molar-refractivity contribution in [2.45, 2.75) is 39.0 Å². The third-order valence-corrected chi connectivity index (χ3v) is 4.98. The molecule has 0 unspecified atom stereocenters. The number of benzene rings is 1. The van der Waals surface area contributed by atoms with Crippen molar-refractivity contribution in [3.63, 3.8) is 0 Å². The number of hydrogen-bond donors (Lipinski definition) is 0. The Labute approximate surface area is 158 Å². The van der Waals surface area contributed by atoms with Crippen LogP contribution in [-0.4, -0.2) is 21.4 Å². The van der Waals surface area contributed by atoms with E-state index in [1.807, 2.05) is 24.0 Å². The fourth-order valence-electron chi connectivity index (χ4n) is 3.43. The molecule has 5 nitrogen and oxygen atoms in total. The lowest BCUT2D eigenvalue weighted by molar-refractivity contribution is -0.145. The van der Waals surface area contributed by atoms with Gasteiger partial charge in [-0.1, -0.05) is 13.0 Å². The van der Waals surface area contributed by atoms with Gasteiger partial charge in [0.15, 0.2) is 5.43 Å². The topological polar surface area (TPSA) is 59.2 Å². The zero-order valence-corrected chi connectivity index (χ0v) is 15.2. The van der Waals surface area contributed by atoms with E-state index in [1.54, 1.807) is 6.07 Å². The Morgan fingerprint density at radius 2 is 2.11 bits per heavy atom. The fourth-order valence-corrected chi connectivity index (χ4v) is 3.43. The summed E-state index contributed by atoms with van der Waals surface area (Å²) in [5, 5.41) is 0.549. The Bertz CT molecular complexity index is 1090. The average Bonchev–Trinajstić information content (AvgIpc) is 2.68. The minimum atomic E-state index is -4.55. The standard InChI is InChI=1S/C20H18F3N3O2/c1-2-12-3-4-17-15(7-12)18(27)14(11-28-17)10-26-6-5-16-13(9-26)8-24-19(25-16)20(21,22)23/h3-4,7-8,11H,2,5-6,9-10H2,1H3. The monoisotopic (exact) mass is 389 g/mol. The molecule has 4 rings (SSSR count). The maximum atomic E-state index is 12.8. The zero-order valence-electron chi connectivity index (χ0n) is 15.2. The third-order valence-electron chi connectivity index (χ3n) is 4.98. The Kier molecular flexibility index (Phi) is 4.66. The van der Waals surface area contributed by atoms with E-state index in [0.717, 1.165) is 12.0 Å². The number of halogens is 3. The Morgan fingerprint density at radius 3 is 2.86 bits per heavy atom. The summed E-state index contributed by atoms with van der Waals surface area (Å²) in [5.74, 6) is -1.11. The molecule has 0 saturated carbocycles. The summed E-state index contributed by atoms with van der Waals surface area (Å²) in [4.78, 5) is 21.9. The van der Waals surface area contributed by atoms with E-state index >= 15 is 0 Å². The molecule has 1 aliphatic heterocycles. The van der Waals surface area contributed by atoms with E-state index < -0.39 is 12.0 Å². The van der Waals surface area contributed by atoms with Crippen LogP contribution in [0.25, 0.3) is 11.0 Å². The summed E-state index contributed by atoms with van der Waals surface area (Å²) in [6.07, 6.45) is -0.654. The van der Waals surface area contributed by atoms with Crippen molar-refractivity contribution in [3.8, 4) is 0 Å². The molecular weight excluding hydrogens is 371 g/mol. The summed E-state index contributed by atoms with van der Waals surface area (Å²) in [6.45, 7) is 3.27. The van der Waals surface area contributed by atoms with Crippen LogP contribution in [0.4, 0.5) is 13.2 Å². The molecule has 0 spiro atoms. The molecule has 1 aliphatic rings. The molecule has 0 atom stereocenters. The number of aryl methyl sites for hydroxylation is 1. The first-order chi connectivity index (χ1) is 13.3. The molecule has 0 radical (unpaired) electrons. The van der Waals surface area contributed by atoms with Crippen LogP contribution in [0.15, 0.2) is 39.9 Å². The number of alkyl halides is 3. The van der Waals surface area contributed by atoms with Crippen molar-refractivity contribution in [3.05, 3.63) is 69.1 Å². The van der Waals surface area contributed by atoms with Crippen LogP contribution in [0.3, 0.4) is 0 Å². The molecule has 0 amide bonds. The van der Waals surface area contributed by atoms with Crippen molar-refractivity contribution in [1.82, 2.24) is 14.9 Å². The number of fused-ring (bicyclic) bond motifs is 2. The average molecular weight is 389 g/mol. The predicted molar refractivity (Wildman–Crippen MR) is 96.7 cm³/mol. The zero-order chi connectivity index (χ0) is 19.9. The van der Waals surface area contributed by atoms with E-state index in [9.17, 15) is 18.0 Å². The first-order valence-electron chi connectivity index (χ1n) is 9.03. The summed E-state index contributed by atoms with van der Waals surface area (Å²) < 4.78 is 43.9. The van der Waals surface area contributed by atoms with E-state index in [2.05, 4.69) is 9.97 Å². The lowest BCUT2D eigenvalue weighted by Crippen LogP contribution is -2.33. The highest BCUT2D eigenvalue weighted by atomic mass is 19.4. The van der Waals surface area contributed by atoms with Gasteiger partial charge in [-0.25, -0.2) is 9.97 Å². The molecule has 28 heavy (non-hydrogen) atoms. The molecular formula is C20H18F3N3O2. The van der Waals surface area contributed by atoms with Gasteiger partial charge in [-0.15, -0.1) is 0 Å². The Morgan fingerprint density at radius 1 is 1.29 bits per heavy atom. The summed E-state index contributed by atoms with van der Waals surface area (Å²) in [5.41, 5.74) is 3.11. The third kappa shape index (κ3) is 3.52. The lowest BCUT2D eigenvalue weighted by Gasteiger charge is -2.27. The quantitative estimate of drug-likeness (QED) is 0.683. The highest BCUT2D eigenvalue weighted by Crippen LogP contribution is 2.28. The fraction of sp³-hybridized carbons (Fsp3) is 0.350. The smallest absolute Gasteiger partial charge is 0.451 e. The SMILES string of the molecule is CCc1ccc2occ(CN3CCc4nc(C(F)(F)F)ncc4C3)c(=O)c2c1. The Hall–Kier alpha value is -2.74. The predicted octanol–water partition coefficient (Wildman–Crippen LogP) is 3.72. The van der Waals surface area contributed by atoms with E-state index in [1.165, 1.54) is 12.5 Å². The minimum Gasteiger partial charge on any atom is -0.464 e. The second-order valence-corrected chi connectivity index (χ2v) is 6.90. The van der Waals surface area contributed by atoms with Crippen LogP contribution in [-0.2, 0) is 32.1 Å². The lowest BCUT2D eigenvalue weighted by atomic mass is 10.1. The van der Waals surface area contributed by atoms with Crippen LogP contribution in [0.1, 0.15) is 35.1 Å². The molecule has 0 bridgehead atoms. The van der Waals surface area contributed by atoms with Gasteiger partial charge >= 0.3 is 6.18 Å². The molecule has 146 valence electrons. The minimum absolute atomic E-state index is 0.0778. The first kappa shape index (κ1) is 18.6. The maximum absolute atomic E-state index is 12.8. The number of rotatable bonds is 3. The summed E-state index contributed by atoms with van der Waals surface area (Å²) in [7, 11) is 0. The van der Waals surface area contributed by atoms with Gasteiger partial charge in [-0.2, -0.15) is 13.2 Å². The van der Waals surface area contributed by atoms with Crippen LogP contribution >= 0.6 is 0 Å². The van der Waals surface area contributed by atoms with Crippen LogP contribution < -0.4 is 5.43 Å². The number of aromatic nitrogens is 2. The van der Waals surface area contributed by atoms with Gasteiger partial charge in [0.25, 0.3) is 0 Å². The number of nitrogens with zero attached hydrogens (tertiary/aromatic N) is 3. The maximum Gasteiger partial charge on any atom is 0.451 e. The molecule has 8 heteroatoms. The van der Waals surface area contributed by atoms with Crippen LogP contribution in [0, 0.1) is 0 Å². The van der Waals surface area contributed by atoms with Crippen molar-refractivity contribution < 1.29 is 17.6 Å². The van der Waals surface area contributed by atoms with Gasteiger partial charge < -0.3 is 4.42 Å². The normalized spacial score (nSPS) is 15.0. The van der Waals surface area contributed by atoms with Crippen LogP contribution in [0.2, 0.25) is 0 Å². The van der Waals surface area contributed by atoms with Crippen LogP contribution in [0.5, 0.6) is 0 Å². The van der Waals surface area contributed by atoms with E-state index in [4.69, 9.17) is 4.42 Å². The second kappa shape index (κ2) is 7.01. The van der Waals surface area contributed by atoms with Gasteiger partial charge in [-0.3, -0.25) is 9.69 Å². The van der Waals surface area contributed by atoms with E-state index in [0.29, 0.717) is 53.8 Å². The van der Waals surface area contributed by atoms with Crippen molar-refractivity contribution in [1.29, 1.82) is 0 Å². The molecule has 0 N–H and O–H groups in total. The molecule has 1 aromatic carbocycles. The van der Waals surface area contributed by atoms with Crippen molar-refractivity contribution in [2.24, 2.45) is 0 Å². The van der Waals surface area contributed by atoms with Crippen molar-refractivity contribution >= 4 is 11.0 Å².